The number of hydrogen-bond donors (Lipinski definition) is 1. The number of non-ortho nitro benzene ring substituents is 1. The van der Waals surface area contributed by atoms with Crippen molar-refractivity contribution in [3.8, 4) is 0 Å². The first kappa shape index (κ1) is 19.5. The summed E-state index contributed by atoms with van der Waals surface area (Å²) in [6.45, 7) is 2.90. The minimum absolute atomic E-state index is 0.0760. The molecule has 1 aromatic heterocycles. The minimum Gasteiger partial charge on any atom is -0.450 e. The van der Waals surface area contributed by atoms with Gasteiger partial charge in [-0.2, -0.15) is 0 Å². The van der Waals surface area contributed by atoms with Gasteiger partial charge in [-0.25, -0.2) is 9.18 Å². The van der Waals surface area contributed by atoms with Gasteiger partial charge in [0.15, 0.2) is 0 Å². The molecule has 148 valence electrons. The van der Waals surface area contributed by atoms with Gasteiger partial charge in [-0.15, -0.1) is 0 Å². The fourth-order valence-electron chi connectivity index (χ4n) is 3.24. The van der Waals surface area contributed by atoms with Crippen LogP contribution < -0.4 is 5.32 Å². The Labute approximate surface area is 159 Å². The molecule has 1 aliphatic rings. The first-order valence-electron chi connectivity index (χ1n) is 8.86. The minimum atomic E-state index is -0.816. The van der Waals surface area contributed by atoms with E-state index in [4.69, 9.17) is 4.74 Å². The van der Waals surface area contributed by atoms with Crippen molar-refractivity contribution in [1.82, 2.24) is 15.2 Å². The lowest BCUT2D eigenvalue weighted by atomic mass is 10.0. The third-order valence-corrected chi connectivity index (χ3v) is 4.59. The number of rotatable bonds is 4. The summed E-state index contributed by atoms with van der Waals surface area (Å²) in [7, 11) is 0. The highest BCUT2D eigenvalue weighted by molar-refractivity contribution is 6.07. The number of ether oxygens (including phenoxy) is 1. The molecule has 2 heterocycles. The van der Waals surface area contributed by atoms with Gasteiger partial charge in [-0.3, -0.25) is 19.9 Å². The number of carbonyl (C=O) groups is 2. The van der Waals surface area contributed by atoms with Crippen LogP contribution in [-0.2, 0) is 4.74 Å². The number of benzene rings is 1. The molecule has 0 spiro atoms. The molecular formula is C18H19FN4O5. The lowest BCUT2D eigenvalue weighted by Crippen LogP contribution is -2.46. The smallest absolute Gasteiger partial charge is 0.409 e. The van der Waals surface area contributed by atoms with Crippen molar-refractivity contribution in [1.29, 1.82) is 0 Å². The maximum absolute atomic E-state index is 13.8. The van der Waals surface area contributed by atoms with Crippen molar-refractivity contribution in [3.05, 3.63) is 46.0 Å². The average molecular weight is 390 g/mol. The lowest BCUT2D eigenvalue weighted by Gasteiger charge is -2.31. The monoisotopic (exact) mass is 390 g/mol. The van der Waals surface area contributed by atoms with Gasteiger partial charge in [0.1, 0.15) is 11.5 Å². The summed E-state index contributed by atoms with van der Waals surface area (Å²) in [4.78, 5) is 40.4. The fourth-order valence-corrected chi connectivity index (χ4v) is 3.24. The van der Waals surface area contributed by atoms with Crippen LogP contribution in [0.2, 0.25) is 0 Å². The van der Waals surface area contributed by atoms with Crippen molar-refractivity contribution in [2.24, 2.45) is 0 Å². The molecule has 0 bridgehead atoms. The molecule has 0 radical (unpaired) electrons. The highest BCUT2D eigenvalue weighted by Crippen LogP contribution is 2.28. The van der Waals surface area contributed by atoms with E-state index in [1.54, 1.807) is 11.8 Å². The zero-order valence-corrected chi connectivity index (χ0v) is 15.2. The molecule has 2 aromatic rings. The van der Waals surface area contributed by atoms with E-state index in [1.807, 2.05) is 0 Å². The Morgan fingerprint density at radius 2 is 2.07 bits per heavy atom. The zero-order valence-electron chi connectivity index (χ0n) is 15.2. The molecule has 1 saturated heterocycles. The van der Waals surface area contributed by atoms with Gasteiger partial charge in [-0.05, 0) is 31.9 Å². The summed E-state index contributed by atoms with van der Waals surface area (Å²) in [5, 5.41) is 14.2. The van der Waals surface area contributed by atoms with Crippen LogP contribution in [-0.4, -0.2) is 52.5 Å². The van der Waals surface area contributed by atoms with Crippen molar-refractivity contribution < 1.29 is 23.6 Å². The van der Waals surface area contributed by atoms with Crippen LogP contribution in [0.1, 0.15) is 30.3 Å². The van der Waals surface area contributed by atoms with Gasteiger partial charge in [-0.1, -0.05) is 0 Å². The van der Waals surface area contributed by atoms with Crippen LogP contribution in [0.5, 0.6) is 0 Å². The Kier molecular flexibility index (Phi) is 5.67. The normalized spacial score (nSPS) is 14.7. The number of piperidine rings is 1. The number of nitro groups is 1. The molecule has 0 unspecified atom stereocenters. The SMILES string of the molecule is CCOC(=O)N1CCC(NC(=O)c2nccc3c([N+](=O)[O-])cc(F)cc23)CC1. The van der Waals surface area contributed by atoms with Crippen LogP contribution in [0, 0.1) is 15.9 Å². The number of carbonyl (C=O) groups excluding carboxylic acids is 2. The highest BCUT2D eigenvalue weighted by atomic mass is 19.1. The highest BCUT2D eigenvalue weighted by Gasteiger charge is 2.26. The van der Waals surface area contributed by atoms with Crippen LogP contribution in [0.15, 0.2) is 24.4 Å². The largest absolute Gasteiger partial charge is 0.450 e. The van der Waals surface area contributed by atoms with Gasteiger partial charge < -0.3 is 15.0 Å². The molecule has 1 fully saturated rings. The molecule has 0 atom stereocenters. The Bertz CT molecular complexity index is 928. The van der Waals surface area contributed by atoms with Gasteiger partial charge in [0.05, 0.1) is 23.0 Å². The van der Waals surface area contributed by atoms with E-state index >= 15 is 0 Å². The van der Waals surface area contributed by atoms with E-state index in [0.717, 1.165) is 12.1 Å². The maximum Gasteiger partial charge on any atom is 0.409 e. The van der Waals surface area contributed by atoms with E-state index in [-0.39, 0.29) is 28.6 Å². The summed E-state index contributed by atoms with van der Waals surface area (Å²) >= 11 is 0. The number of likely N-dealkylation sites (tertiary alicyclic amines) is 1. The van der Waals surface area contributed by atoms with E-state index in [1.165, 1.54) is 12.3 Å². The molecule has 1 aliphatic heterocycles. The number of halogens is 1. The van der Waals surface area contributed by atoms with E-state index in [9.17, 15) is 24.1 Å². The van der Waals surface area contributed by atoms with Gasteiger partial charge in [0.2, 0.25) is 0 Å². The molecule has 3 rings (SSSR count). The summed E-state index contributed by atoms with van der Waals surface area (Å²) in [6, 6.07) is 3.06. The number of amides is 2. The summed E-state index contributed by atoms with van der Waals surface area (Å²) < 4.78 is 18.8. The second-order valence-electron chi connectivity index (χ2n) is 6.37. The average Bonchev–Trinajstić information content (AvgIpc) is 2.67. The van der Waals surface area contributed by atoms with E-state index in [0.29, 0.717) is 32.5 Å². The van der Waals surface area contributed by atoms with Crippen molar-refractivity contribution in [2.45, 2.75) is 25.8 Å². The number of hydrogen-bond acceptors (Lipinski definition) is 6. The Hall–Kier alpha value is -3.30. The number of fused-ring (bicyclic) bond motifs is 1. The second-order valence-corrected chi connectivity index (χ2v) is 6.37. The predicted octanol–water partition coefficient (Wildman–Crippen LogP) is 2.63. The quantitative estimate of drug-likeness (QED) is 0.634. The first-order valence-corrected chi connectivity index (χ1v) is 8.86. The molecule has 0 saturated carbocycles. The number of aromatic nitrogens is 1. The topological polar surface area (TPSA) is 115 Å². The summed E-state index contributed by atoms with van der Waals surface area (Å²) in [5.74, 6) is -1.36. The molecule has 9 nitrogen and oxygen atoms in total. The lowest BCUT2D eigenvalue weighted by molar-refractivity contribution is -0.383. The molecule has 1 aromatic carbocycles. The molecule has 10 heteroatoms. The van der Waals surface area contributed by atoms with Crippen LogP contribution in [0.4, 0.5) is 14.9 Å². The molecule has 0 aliphatic carbocycles. The fraction of sp³-hybridized carbons (Fsp3) is 0.389. The van der Waals surface area contributed by atoms with Crippen LogP contribution in [0.25, 0.3) is 10.8 Å². The zero-order chi connectivity index (χ0) is 20.3. The third kappa shape index (κ3) is 4.00. The Morgan fingerprint density at radius 3 is 2.71 bits per heavy atom. The number of nitrogens with zero attached hydrogens (tertiary/aromatic N) is 3. The predicted molar refractivity (Wildman–Crippen MR) is 97.4 cm³/mol. The van der Waals surface area contributed by atoms with Crippen LogP contribution in [0.3, 0.4) is 0 Å². The van der Waals surface area contributed by atoms with Crippen LogP contribution >= 0.6 is 0 Å². The number of nitro benzene ring substituents is 1. The standard InChI is InChI=1S/C18H19FN4O5/c1-2-28-18(25)22-7-4-12(5-8-22)21-17(24)16-14-9-11(19)10-15(23(26)27)13(14)3-6-20-16/h3,6,9-10,12H,2,4-5,7-8H2,1H3,(H,21,24). The second kappa shape index (κ2) is 8.15. The maximum atomic E-state index is 13.8. The number of pyridine rings is 1. The molecule has 28 heavy (non-hydrogen) atoms. The van der Waals surface area contributed by atoms with Gasteiger partial charge in [0.25, 0.3) is 11.6 Å². The summed E-state index contributed by atoms with van der Waals surface area (Å²) in [6.07, 6.45) is 1.96. The molecule has 2 amide bonds. The first-order chi connectivity index (χ1) is 13.4. The third-order valence-electron chi connectivity index (χ3n) is 4.59. The van der Waals surface area contributed by atoms with E-state index < -0.39 is 22.3 Å². The number of nitrogens with one attached hydrogen (secondary N) is 1. The molecule has 1 N–H and O–H groups in total. The van der Waals surface area contributed by atoms with Crippen molar-refractivity contribution in [3.63, 3.8) is 0 Å². The van der Waals surface area contributed by atoms with E-state index in [2.05, 4.69) is 10.3 Å². The van der Waals surface area contributed by atoms with Crippen molar-refractivity contribution in [2.75, 3.05) is 19.7 Å². The Morgan fingerprint density at radius 1 is 1.36 bits per heavy atom. The summed E-state index contributed by atoms with van der Waals surface area (Å²) in [5.41, 5.74) is -0.498. The Balaban J connectivity index is 1.76. The van der Waals surface area contributed by atoms with Crippen molar-refractivity contribution >= 4 is 28.5 Å². The molecular weight excluding hydrogens is 371 g/mol. The van der Waals surface area contributed by atoms with Gasteiger partial charge >= 0.3 is 6.09 Å². The van der Waals surface area contributed by atoms with Gasteiger partial charge in [0, 0.05) is 30.7 Å².